The highest BCUT2D eigenvalue weighted by Crippen LogP contribution is 2.27. The molecule has 2 aliphatic rings. The topological polar surface area (TPSA) is 24.5 Å². The number of nitrogens with zero attached hydrogens (tertiary/aromatic N) is 1. The van der Waals surface area contributed by atoms with E-state index in [-0.39, 0.29) is 0 Å². The zero-order valence-electron chi connectivity index (χ0n) is 11.5. The van der Waals surface area contributed by atoms with Crippen molar-refractivity contribution in [3.05, 3.63) is 0 Å². The van der Waals surface area contributed by atoms with Crippen LogP contribution in [-0.4, -0.2) is 49.8 Å². The van der Waals surface area contributed by atoms with Crippen molar-refractivity contribution in [2.45, 2.75) is 51.7 Å². The van der Waals surface area contributed by atoms with Crippen LogP contribution in [0.5, 0.6) is 0 Å². The van der Waals surface area contributed by atoms with Gasteiger partial charge in [-0.2, -0.15) is 0 Å². The van der Waals surface area contributed by atoms with Gasteiger partial charge in [0.2, 0.25) is 0 Å². The molecule has 2 unspecified atom stereocenters. The highest BCUT2D eigenvalue weighted by Gasteiger charge is 2.23. The second kappa shape index (κ2) is 6.72. The van der Waals surface area contributed by atoms with Crippen LogP contribution in [0.4, 0.5) is 0 Å². The molecule has 0 radical (unpaired) electrons. The average Bonchev–Trinajstić information content (AvgIpc) is 2.90. The SMILES string of the molecule is CCN1CCOC(CNC(C)C2CCCC2)C1. The van der Waals surface area contributed by atoms with Crippen molar-refractivity contribution < 1.29 is 4.74 Å². The number of morpholine rings is 1. The number of nitrogens with one attached hydrogen (secondary N) is 1. The summed E-state index contributed by atoms with van der Waals surface area (Å²) in [4.78, 5) is 2.48. The molecule has 1 aliphatic heterocycles. The molecule has 0 aromatic rings. The minimum absolute atomic E-state index is 0.396. The fourth-order valence-electron chi connectivity index (χ4n) is 3.13. The maximum atomic E-state index is 5.82. The Labute approximate surface area is 106 Å². The van der Waals surface area contributed by atoms with Crippen molar-refractivity contribution in [1.29, 1.82) is 0 Å². The van der Waals surface area contributed by atoms with Gasteiger partial charge in [0, 0.05) is 25.7 Å². The van der Waals surface area contributed by atoms with E-state index in [1.54, 1.807) is 0 Å². The van der Waals surface area contributed by atoms with Gasteiger partial charge in [-0.15, -0.1) is 0 Å². The summed E-state index contributed by atoms with van der Waals surface area (Å²) in [5.41, 5.74) is 0. The van der Waals surface area contributed by atoms with Gasteiger partial charge < -0.3 is 10.1 Å². The molecule has 0 amide bonds. The summed E-state index contributed by atoms with van der Waals surface area (Å²) in [6, 6.07) is 0.665. The Balaban J connectivity index is 1.66. The molecular weight excluding hydrogens is 212 g/mol. The zero-order valence-corrected chi connectivity index (χ0v) is 11.5. The molecule has 1 saturated heterocycles. The van der Waals surface area contributed by atoms with Crippen LogP contribution in [0.25, 0.3) is 0 Å². The summed E-state index contributed by atoms with van der Waals surface area (Å²) in [5, 5.41) is 3.69. The van der Waals surface area contributed by atoms with E-state index in [4.69, 9.17) is 4.74 Å². The Morgan fingerprint density at radius 2 is 2.12 bits per heavy atom. The van der Waals surface area contributed by atoms with Crippen LogP contribution in [0.2, 0.25) is 0 Å². The lowest BCUT2D eigenvalue weighted by Gasteiger charge is -2.33. The Kier molecular flexibility index (Phi) is 5.26. The smallest absolute Gasteiger partial charge is 0.0826 e. The Morgan fingerprint density at radius 3 is 2.82 bits per heavy atom. The van der Waals surface area contributed by atoms with Gasteiger partial charge in [0.25, 0.3) is 0 Å². The van der Waals surface area contributed by atoms with Crippen LogP contribution in [0.15, 0.2) is 0 Å². The molecule has 0 bridgehead atoms. The highest BCUT2D eigenvalue weighted by molar-refractivity contribution is 4.80. The molecule has 2 fully saturated rings. The van der Waals surface area contributed by atoms with E-state index in [0.717, 1.165) is 38.7 Å². The summed E-state index contributed by atoms with van der Waals surface area (Å²) in [6.45, 7) is 9.85. The van der Waals surface area contributed by atoms with Crippen molar-refractivity contribution in [1.82, 2.24) is 10.2 Å². The number of ether oxygens (including phenoxy) is 1. The number of hydrogen-bond donors (Lipinski definition) is 1. The lowest BCUT2D eigenvalue weighted by Crippen LogP contribution is -2.48. The molecule has 1 N–H and O–H groups in total. The van der Waals surface area contributed by atoms with Crippen LogP contribution in [0.1, 0.15) is 39.5 Å². The number of likely N-dealkylation sites (N-methyl/N-ethyl adjacent to an activating group) is 1. The van der Waals surface area contributed by atoms with Gasteiger partial charge in [-0.1, -0.05) is 19.8 Å². The van der Waals surface area contributed by atoms with E-state index >= 15 is 0 Å². The van der Waals surface area contributed by atoms with Crippen molar-refractivity contribution >= 4 is 0 Å². The molecule has 0 aromatic carbocycles. The van der Waals surface area contributed by atoms with Crippen LogP contribution in [0, 0.1) is 5.92 Å². The summed E-state index contributed by atoms with van der Waals surface area (Å²) < 4.78 is 5.82. The normalized spacial score (nSPS) is 29.6. The van der Waals surface area contributed by atoms with Gasteiger partial charge in [-0.05, 0) is 32.2 Å². The third-order valence-electron chi connectivity index (χ3n) is 4.44. The van der Waals surface area contributed by atoms with Gasteiger partial charge in [0.1, 0.15) is 0 Å². The molecular formula is C14H28N2O. The molecule has 0 aromatic heterocycles. The van der Waals surface area contributed by atoms with Gasteiger partial charge in [0.15, 0.2) is 0 Å². The molecule has 2 rings (SSSR count). The number of hydrogen-bond acceptors (Lipinski definition) is 3. The molecule has 2 atom stereocenters. The van der Waals surface area contributed by atoms with E-state index in [0.29, 0.717) is 12.1 Å². The minimum atomic E-state index is 0.396. The fraction of sp³-hybridized carbons (Fsp3) is 1.00. The highest BCUT2D eigenvalue weighted by atomic mass is 16.5. The van der Waals surface area contributed by atoms with Crippen molar-refractivity contribution in [2.75, 3.05) is 32.8 Å². The van der Waals surface area contributed by atoms with Crippen LogP contribution >= 0.6 is 0 Å². The van der Waals surface area contributed by atoms with Gasteiger partial charge in [0.05, 0.1) is 12.7 Å². The quantitative estimate of drug-likeness (QED) is 0.794. The van der Waals surface area contributed by atoms with E-state index in [2.05, 4.69) is 24.1 Å². The summed E-state index contributed by atoms with van der Waals surface area (Å²) in [7, 11) is 0. The van der Waals surface area contributed by atoms with E-state index in [9.17, 15) is 0 Å². The summed E-state index contributed by atoms with van der Waals surface area (Å²) in [5.74, 6) is 0.904. The largest absolute Gasteiger partial charge is 0.374 e. The molecule has 3 nitrogen and oxygen atoms in total. The lowest BCUT2D eigenvalue weighted by molar-refractivity contribution is -0.0268. The second-order valence-corrected chi connectivity index (χ2v) is 5.63. The third-order valence-corrected chi connectivity index (χ3v) is 4.44. The molecule has 0 spiro atoms. The predicted molar refractivity (Wildman–Crippen MR) is 71.3 cm³/mol. The molecule has 17 heavy (non-hydrogen) atoms. The maximum Gasteiger partial charge on any atom is 0.0826 e. The van der Waals surface area contributed by atoms with Crippen molar-refractivity contribution in [2.24, 2.45) is 5.92 Å². The Morgan fingerprint density at radius 1 is 1.35 bits per heavy atom. The summed E-state index contributed by atoms with van der Waals surface area (Å²) in [6.07, 6.45) is 6.09. The summed E-state index contributed by atoms with van der Waals surface area (Å²) >= 11 is 0. The predicted octanol–water partition coefficient (Wildman–Crippen LogP) is 1.88. The fourth-order valence-corrected chi connectivity index (χ4v) is 3.13. The lowest BCUT2D eigenvalue weighted by atomic mass is 10.00. The van der Waals surface area contributed by atoms with Crippen molar-refractivity contribution in [3.8, 4) is 0 Å². The molecule has 1 saturated carbocycles. The first kappa shape index (κ1) is 13.3. The van der Waals surface area contributed by atoms with E-state index in [1.165, 1.54) is 25.7 Å². The van der Waals surface area contributed by atoms with Gasteiger partial charge in [-0.3, -0.25) is 4.90 Å². The standard InChI is InChI=1S/C14H28N2O/c1-3-16-8-9-17-14(11-16)10-15-12(2)13-6-4-5-7-13/h12-15H,3-11H2,1-2H3. The van der Waals surface area contributed by atoms with Crippen LogP contribution in [-0.2, 0) is 4.74 Å². The first-order valence-corrected chi connectivity index (χ1v) is 7.37. The number of rotatable bonds is 5. The average molecular weight is 240 g/mol. The zero-order chi connectivity index (χ0) is 12.1. The Hall–Kier alpha value is -0.120. The molecule has 1 heterocycles. The third kappa shape index (κ3) is 3.94. The first-order valence-electron chi connectivity index (χ1n) is 7.37. The van der Waals surface area contributed by atoms with Gasteiger partial charge >= 0.3 is 0 Å². The maximum absolute atomic E-state index is 5.82. The molecule has 1 aliphatic carbocycles. The molecule has 3 heteroatoms. The van der Waals surface area contributed by atoms with Gasteiger partial charge in [-0.25, -0.2) is 0 Å². The van der Waals surface area contributed by atoms with Crippen LogP contribution < -0.4 is 5.32 Å². The monoisotopic (exact) mass is 240 g/mol. The van der Waals surface area contributed by atoms with E-state index < -0.39 is 0 Å². The minimum Gasteiger partial charge on any atom is -0.374 e. The van der Waals surface area contributed by atoms with E-state index in [1.807, 2.05) is 0 Å². The van der Waals surface area contributed by atoms with Crippen LogP contribution in [0.3, 0.4) is 0 Å². The first-order chi connectivity index (χ1) is 8.29. The molecule has 100 valence electrons. The van der Waals surface area contributed by atoms with Crippen molar-refractivity contribution in [3.63, 3.8) is 0 Å². The second-order valence-electron chi connectivity index (χ2n) is 5.63. The Bertz CT molecular complexity index is 216.